The molecule has 0 aliphatic carbocycles. The number of anilines is 2. The van der Waals surface area contributed by atoms with Crippen molar-refractivity contribution in [2.45, 2.75) is 12.0 Å². The molecular formula is C21H22BrFN4O4S. The number of thiophene rings is 1. The number of hydrogen-bond donors (Lipinski definition) is 2. The Hall–Kier alpha value is -2.34. The Morgan fingerprint density at radius 1 is 1.25 bits per heavy atom. The minimum absolute atomic E-state index is 0.0888. The van der Waals surface area contributed by atoms with Gasteiger partial charge in [-0.25, -0.2) is 4.39 Å². The van der Waals surface area contributed by atoms with Crippen LogP contribution in [-0.4, -0.2) is 68.1 Å². The van der Waals surface area contributed by atoms with Gasteiger partial charge in [0.2, 0.25) is 0 Å². The highest BCUT2D eigenvalue weighted by Gasteiger charge is 2.45. The minimum atomic E-state index is -1.14. The molecule has 32 heavy (non-hydrogen) atoms. The van der Waals surface area contributed by atoms with E-state index < -0.39 is 17.3 Å². The first-order chi connectivity index (χ1) is 15.3. The van der Waals surface area contributed by atoms with E-state index in [0.717, 1.165) is 3.79 Å². The molecule has 0 bridgehead atoms. The molecule has 0 saturated carbocycles. The molecule has 0 radical (unpaired) electrons. The SMILES string of the molecule is CN1CCC(NC(=O)c2ccc(Br)s2)(C(=O)Nc2ccc(N3CCOCC3=O)c(F)c2)C1. The van der Waals surface area contributed by atoms with Crippen LogP contribution in [0.1, 0.15) is 16.1 Å². The van der Waals surface area contributed by atoms with Crippen LogP contribution in [0.2, 0.25) is 0 Å². The first kappa shape index (κ1) is 22.8. The summed E-state index contributed by atoms with van der Waals surface area (Å²) in [6.45, 7) is 1.48. The van der Waals surface area contributed by atoms with Crippen LogP contribution < -0.4 is 15.5 Å². The molecule has 2 aliphatic heterocycles. The van der Waals surface area contributed by atoms with Crippen molar-refractivity contribution < 1.29 is 23.5 Å². The third kappa shape index (κ3) is 4.70. The first-order valence-corrected chi connectivity index (χ1v) is 11.6. The van der Waals surface area contributed by atoms with Crippen molar-refractivity contribution in [2.24, 2.45) is 0 Å². The molecule has 2 aliphatic rings. The minimum Gasteiger partial charge on any atom is -0.370 e. The fraction of sp³-hybridized carbons (Fsp3) is 0.381. The molecule has 170 valence electrons. The summed E-state index contributed by atoms with van der Waals surface area (Å²) in [5.74, 6) is -1.69. The molecule has 1 aromatic heterocycles. The van der Waals surface area contributed by atoms with Crippen LogP contribution in [0.3, 0.4) is 0 Å². The van der Waals surface area contributed by atoms with Gasteiger partial charge in [-0.15, -0.1) is 11.3 Å². The fourth-order valence-corrected chi connectivity index (χ4v) is 5.17. The number of morpholine rings is 1. The molecule has 2 N–H and O–H groups in total. The summed E-state index contributed by atoms with van der Waals surface area (Å²) >= 11 is 4.62. The second-order valence-electron chi connectivity index (χ2n) is 7.85. The number of ether oxygens (including phenoxy) is 1. The zero-order valence-corrected chi connectivity index (χ0v) is 19.7. The van der Waals surface area contributed by atoms with Crippen LogP contribution in [-0.2, 0) is 14.3 Å². The van der Waals surface area contributed by atoms with Gasteiger partial charge in [0.1, 0.15) is 18.0 Å². The van der Waals surface area contributed by atoms with Crippen molar-refractivity contribution in [1.82, 2.24) is 10.2 Å². The van der Waals surface area contributed by atoms with Crippen LogP contribution in [0.4, 0.5) is 15.8 Å². The Bertz CT molecular complexity index is 1060. The second kappa shape index (κ2) is 9.26. The van der Waals surface area contributed by atoms with Gasteiger partial charge in [0.15, 0.2) is 0 Å². The van der Waals surface area contributed by atoms with Crippen molar-refractivity contribution in [2.75, 3.05) is 50.1 Å². The van der Waals surface area contributed by atoms with E-state index >= 15 is 0 Å². The third-order valence-electron chi connectivity index (χ3n) is 5.53. The second-order valence-corrected chi connectivity index (χ2v) is 10.3. The number of nitrogens with one attached hydrogen (secondary N) is 2. The molecule has 1 aromatic carbocycles. The lowest BCUT2D eigenvalue weighted by molar-refractivity contribution is -0.125. The number of amides is 3. The summed E-state index contributed by atoms with van der Waals surface area (Å²) in [4.78, 5) is 41.8. The van der Waals surface area contributed by atoms with Crippen LogP contribution in [0, 0.1) is 5.82 Å². The molecule has 4 rings (SSSR count). The summed E-state index contributed by atoms with van der Waals surface area (Å²) in [5.41, 5.74) is -0.750. The Labute approximate surface area is 196 Å². The molecule has 8 nitrogen and oxygen atoms in total. The number of likely N-dealkylation sites (N-methyl/N-ethyl adjacent to an activating group) is 1. The molecule has 2 aromatic rings. The van der Waals surface area contributed by atoms with Gasteiger partial charge in [-0.1, -0.05) is 0 Å². The topological polar surface area (TPSA) is 91.0 Å². The maximum Gasteiger partial charge on any atom is 0.262 e. The number of benzene rings is 1. The van der Waals surface area contributed by atoms with E-state index in [1.54, 1.807) is 18.2 Å². The van der Waals surface area contributed by atoms with Gasteiger partial charge in [-0.3, -0.25) is 14.4 Å². The van der Waals surface area contributed by atoms with Crippen molar-refractivity contribution >= 4 is 56.4 Å². The van der Waals surface area contributed by atoms with E-state index in [1.165, 1.54) is 28.4 Å². The van der Waals surface area contributed by atoms with Crippen LogP contribution in [0.15, 0.2) is 34.1 Å². The average Bonchev–Trinajstić information content (AvgIpc) is 3.35. The van der Waals surface area contributed by atoms with Crippen LogP contribution >= 0.6 is 27.3 Å². The predicted octanol–water partition coefficient (Wildman–Crippen LogP) is 2.46. The fourth-order valence-electron chi connectivity index (χ4n) is 3.89. The Morgan fingerprint density at radius 3 is 2.69 bits per heavy atom. The molecule has 1 unspecified atom stereocenters. The van der Waals surface area contributed by atoms with Crippen LogP contribution in [0.5, 0.6) is 0 Å². The molecule has 11 heteroatoms. The molecule has 2 saturated heterocycles. The highest BCUT2D eigenvalue weighted by molar-refractivity contribution is 9.11. The molecule has 3 amide bonds. The number of rotatable bonds is 5. The number of carbonyl (C=O) groups is 3. The quantitative estimate of drug-likeness (QED) is 0.626. The number of nitrogens with zero attached hydrogens (tertiary/aromatic N) is 2. The summed E-state index contributed by atoms with van der Waals surface area (Å²) in [6, 6.07) is 7.65. The van der Waals surface area contributed by atoms with Gasteiger partial charge in [0.05, 0.1) is 21.0 Å². The Morgan fingerprint density at radius 2 is 2.06 bits per heavy atom. The number of likely N-dealkylation sites (tertiary alicyclic amines) is 1. The van der Waals surface area contributed by atoms with E-state index in [-0.39, 0.29) is 36.3 Å². The summed E-state index contributed by atoms with van der Waals surface area (Å²) < 4.78 is 20.7. The van der Waals surface area contributed by atoms with Gasteiger partial charge in [-0.2, -0.15) is 0 Å². The van der Waals surface area contributed by atoms with Gasteiger partial charge in [0.25, 0.3) is 17.7 Å². The van der Waals surface area contributed by atoms with Gasteiger partial charge >= 0.3 is 0 Å². The lowest BCUT2D eigenvalue weighted by Gasteiger charge is -2.29. The normalized spacial score (nSPS) is 21.6. The maximum atomic E-state index is 14.8. The monoisotopic (exact) mass is 524 g/mol. The maximum absolute atomic E-state index is 14.8. The van der Waals surface area contributed by atoms with Gasteiger partial charge in [0, 0.05) is 25.3 Å². The smallest absolute Gasteiger partial charge is 0.262 e. The summed E-state index contributed by atoms with van der Waals surface area (Å²) in [5, 5.41) is 5.63. The van der Waals surface area contributed by atoms with Crippen molar-refractivity contribution in [3.63, 3.8) is 0 Å². The standard InChI is InChI=1S/C21H22BrFN4O4S/c1-26-7-6-21(12-26,25-19(29)16-4-5-17(22)32-16)20(30)24-13-2-3-15(14(23)10-13)27-8-9-31-11-18(27)28/h2-5,10H,6-9,11-12H2,1H3,(H,24,30)(H,25,29). The number of hydrogen-bond acceptors (Lipinski definition) is 6. The van der Waals surface area contributed by atoms with E-state index in [1.807, 2.05) is 11.9 Å². The molecule has 3 heterocycles. The highest BCUT2D eigenvalue weighted by Crippen LogP contribution is 2.28. The summed E-state index contributed by atoms with van der Waals surface area (Å²) in [7, 11) is 1.87. The largest absolute Gasteiger partial charge is 0.370 e. The Balaban J connectivity index is 1.51. The lowest BCUT2D eigenvalue weighted by atomic mass is 9.96. The number of carbonyl (C=O) groups excluding carboxylic acids is 3. The molecular weight excluding hydrogens is 503 g/mol. The summed E-state index contributed by atoms with van der Waals surface area (Å²) in [6.07, 6.45) is 0.427. The lowest BCUT2D eigenvalue weighted by Crippen LogP contribution is -2.58. The van der Waals surface area contributed by atoms with Gasteiger partial charge in [-0.05, 0) is 59.7 Å². The van der Waals surface area contributed by atoms with Gasteiger partial charge < -0.3 is 25.2 Å². The zero-order valence-electron chi connectivity index (χ0n) is 17.3. The van der Waals surface area contributed by atoms with E-state index in [0.29, 0.717) is 31.0 Å². The zero-order chi connectivity index (χ0) is 22.9. The number of halogens is 2. The molecule has 2 fully saturated rings. The van der Waals surface area contributed by atoms with Crippen molar-refractivity contribution in [3.05, 3.63) is 44.8 Å². The molecule has 0 spiro atoms. The van der Waals surface area contributed by atoms with Crippen molar-refractivity contribution in [1.29, 1.82) is 0 Å². The van der Waals surface area contributed by atoms with E-state index in [9.17, 15) is 18.8 Å². The van der Waals surface area contributed by atoms with Crippen molar-refractivity contribution in [3.8, 4) is 0 Å². The average molecular weight is 525 g/mol. The predicted molar refractivity (Wildman–Crippen MR) is 123 cm³/mol. The Kier molecular flexibility index (Phi) is 6.61. The first-order valence-electron chi connectivity index (χ1n) is 10.0. The van der Waals surface area contributed by atoms with E-state index in [2.05, 4.69) is 26.6 Å². The highest BCUT2D eigenvalue weighted by atomic mass is 79.9. The van der Waals surface area contributed by atoms with E-state index in [4.69, 9.17) is 4.74 Å². The molecule has 1 atom stereocenters. The van der Waals surface area contributed by atoms with Crippen LogP contribution in [0.25, 0.3) is 0 Å². The third-order valence-corrected chi connectivity index (χ3v) is 7.15.